The number of hydrogen-bond acceptors (Lipinski definition) is 5. The van der Waals surface area contributed by atoms with E-state index in [4.69, 9.17) is 9.47 Å². The molecule has 0 amide bonds. The minimum Gasteiger partial charge on any atom is -0.393 e. The fourth-order valence-corrected chi connectivity index (χ4v) is 12.4. The Morgan fingerprint density at radius 1 is 0.714 bits per heavy atom. The van der Waals surface area contributed by atoms with Gasteiger partial charge in [-0.05, 0) is 111 Å². The van der Waals surface area contributed by atoms with Gasteiger partial charge in [-0.1, -0.05) is 27.7 Å². The van der Waals surface area contributed by atoms with Gasteiger partial charge in [-0.25, -0.2) is 0 Å². The van der Waals surface area contributed by atoms with Crippen LogP contribution in [-0.4, -0.2) is 57.5 Å². The van der Waals surface area contributed by atoms with E-state index in [1.54, 1.807) is 0 Å². The Kier molecular flexibility index (Phi) is 4.43. The number of aliphatic hydroxyl groups is 3. The zero-order chi connectivity index (χ0) is 25.0. The Balaban J connectivity index is 1.25. The van der Waals surface area contributed by atoms with Gasteiger partial charge in [-0.2, -0.15) is 0 Å². The van der Waals surface area contributed by atoms with Crippen LogP contribution in [0.25, 0.3) is 0 Å². The average Bonchev–Trinajstić information content (AvgIpc) is 3.59. The van der Waals surface area contributed by atoms with Crippen molar-refractivity contribution in [3.63, 3.8) is 0 Å². The van der Waals surface area contributed by atoms with E-state index >= 15 is 0 Å². The summed E-state index contributed by atoms with van der Waals surface area (Å²) in [5.41, 5.74) is -0.304. The van der Waals surface area contributed by atoms with Gasteiger partial charge in [0.05, 0.1) is 36.6 Å². The highest BCUT2D eigenvalue weighted by Gasteiger charge is 2.84. The molecule has 2 heterocycles. The van der Waals surface area contributed by atoms with Crippen molar-refractivity contribution in [2.45, 2.75) is 135 Å². The van der Waals surface area contributed by atoms with Crippen LogP contribution in [0.1, 0.15) is 99.3 Å². The van der Waals surface area contributed by atoms with Crippen LogP contribution < -0.4 is 0 Å². The zero-order valence-electron chi connectivity index (χ0n) is 22.8. The quantitative estimate of drug-likeness (QED) is 0.500. The normalized spacial score (nSPS) is 66.3. The maximum Gasteiger partial charge on any atom is 0.115 e. The molecule has 1 unspecified atom stereocenters. The maximum absolute atomic E-state index is 11.8. The lowest BCUT2D eigenvalue weighted by atomic mass is 9.41. The number of ether oxygens (including phenoxy) is 2. The molecule has 7 aliphatic rings. The molecule has 5 heteroatoms. The molecule has 5 nitrogen and oxygen atoms in total. The van der Waals surface area contributed by atoms with Gasteiger partial charge in [-0.15, -0.1) is 0 Å². The summed E-state index contributed by atoms with van der Waals surface area (Å²) in [6.07, 6.45) is 8.15. The highest BCUT2D eigenvalue weighted by atomic mass is 16.6. The molecule has 0 aromatic rings. The molecule has 7 fully saturated rings. The summed E-state index contributed by atoms with van der Waals surface area (Å²) in [5, 5.41) is 34.4. The highest BCUT2D eigenvalue weighted by Crippen LogP contribution is 2.89. The third-order valence-corrected chi connectivity index (χ3v) is 14.3. The molecule has 3 N–H and O–H groups in total. The summed E-state index contributed by atoms with van der Waals surface area (Å²) in [4.78, 5) is 0. The van der Waals surface area contributed by atoms with Crippen molar-refractivity contribution < 1.29 is 24.8 Å². The van der Waals surface area contributed by atoms with Crippen molar-refractivity contribution >= 4 is 0 Å². The Hall–Kier alpha value is -0.200. The Morgan fingerprint density at radius 2 is 1.43 bits per heavy atom. The maximum atomic E-state index is 11.8. The van der Waals surface area contributed by atoms with Crippen molar-refractivity contribution in [1.29, 1.82) is 0 Å². The van der Waals surface area contributed by atoms with Crippen LogP contribution in [0.4, 0.5) is 0 Å². The topological polar surface area (TPSA) is 82.5 Å². The van der Waals surface area contributed by atoms with Crippen LogP contribution >= 0.6 is 0 Å². The number of hydrogen-bond donors (Lipinski definition) is 3. The fraction of sp³-hybridized carbons (Fsp3) is 1.00. The minimum atomic E-state index is -0.370. The molecule has 7 rings (SSSR count). The molecule has 35 heavy (non-hydrogen) atoms. The molecule has 5 saturated carbocycles. The second kappa shape index (κ2) is 6.50. The third-order valence-electron chi connectivity index (χ3n) is 14.3. The van der Waals surface area contributed by atoms with E-state index in [-0.39, 0.29) is 74.5 Å². The standard InChI is InChI=1S/C30H48O5/c1-24(2)20(33)7-10-30-15-29(30)12-11-25(3)23(27(5)9-8-21(35-27)28(6)16-34-28)18(32)14-26(25,4)19(29)13-17(31)22(24)30/h17-23,31-33H,7-16H2,1-6H3/t17-,18-,19-,20-,21-,22-,23-,25+,26-,27+,28?,29-,30+/m0/s1. The average molecular weight is 489 g/mol. The molecular formula is C30H48O5. The molecule has 2 saturated heterocycles. The second-order valence-electron chi connectivity index (χ2n) is 15.8. The lowest BCUT2D eigenvalue weighted by molar-refractivity contribution is -0.209. The van der Waals surface area contributed by atoms with Gasteiger partial charge in [0.15, 0.2) is 0 Å². The van der Waals surface area contributed by atoms with Crippen LogP contribution in [0.15, 0.2) is 0 Å². The van der Waals surface area contributed by atoms with E-state index in [0.29, 0.717) is 5.92 Å². The molecule has 5 aliphatic carbocycles. The minimum absolute atomic E-state index is 0.0165. The molecular weight excluding hydrogens is 440 g/mol. The zero-order valence-corrected chi connectivity index (χ0v) is 22.8. The SMILES string of the molecule is CC1([C@@H]2CC[C@](C)([C@H]3[C@@H](O)C[C@@]4(C)[C@@H]5C[C@H](O)[C@H]6C(C)(C)[C@@H](O)CC[C@@]67C[C@@]57CC[C@]34C)O2)CO1. The first-order valence-electron chi connectivity index (χ1n) is 14.6. The Labute approximate surface area is 211 Å². The highest BCUT2D eigenvalue weighted by molar-refractivity contribution is 5.33. The van der Waals surface area contributed by atoms with Gasteiger partial charge in [0, 0.05) is 5.92 Å². The van der Waals surface area contributed by atoms with E-state index in [0.717, 1.165) is 51.6 Å². The van der Waals surface area contributed by atoms with Crippen LogP contribution in [0.5, 0.6) is 0 Å². The van der Waals surface area contributed by atoms with Crippen LogP contribution in [0.3, 0.4) is 0 Å². The van der Waals surface area contributed by atoms with Crippen molar-refractivity contribution in [3.05, 3.63) is 0 Å². The first-order chi connectivity index (χ1) is 16.2. The van der Waals surface area contributed by atoms with Crippen molar-refractivity contribution in [1.82, 2.24) is 0 Å². The van der Waals surface area contributed by atoms with Gasteiger partial charge < -0.3 is 24.8 Å². The summed E-state index contributed by atoms with van der Waals surface area (Å²) in [5.74, 6) is 0.718. The van der Waals surface area contributed by atoms with Crippen molar-refractivity contribution in [3.8, 4) is 0 Å². The third kappa shape index (κ3) is 2.55. The Morgan fingerprint density at radius 3 is 2.11 bits per heavy atom. The Bertz CT molecular complexity index is 945. The molecule has 2 spiro atoms. The van der Waals surface area contributed by atoms with Gasteiger partial charge in [0.2, 0.25) is 0 Å². The molecule has 0 aromatic heterocycles. The lowest BCUT2D eigenvalue weighted by Crippen LogP contribution is -2.62. The molecule has 13 atom stereocenters. The molecule has 198 valence electrons. The summed E-state index contributed by atoms with van der Waals surface area (Å²) < 4.78 is 12.6. The fourth-order valence-electron chi connectivity index (χ4n) is 12.4. The van der Waals surface area contributed by atoms with Gasteiger partial charge in [0.25, 0.3) is 0 Å². The summed E-state index contributed by atoms with van der Waals surface area (Å²) in [6.45, 7) is 14.5. The van der Waals surface area contributed by atoms with Crippen LogP contribution in [-0.2, 0) is 9.47 Å². The van der Waals surface area contributed by atoms with Gasteiger partial charge in [-0.3, -0.25) is 0 Å². The smallest absolute Gasteiger partial charge is 0.115 e. The monoisotopic (exact) mass is 488 g/mol. The van der Waals surface area contributed by atoms with E-state index in [9.17, 15) is 15.3 Å². The van der Waals surface area contributed by atoms with E-state index < -0.39 is 0 Å². The van der Waals surface area contributed by atoms with E-state index in [1.165, 1.54) is 12.8 Å². The summed E-state index contributed by atoms with van der Waals surface area (Å²) in [6, 6.07) is 0. The van der Waals surface area contributed by atoms with Crippen LogP contribution in [0.2, 0.25) is 0 Å². The number of fused-ring (bicyclic) bond motifs is 2. The molecule has 2 aliphatic heterocycles. The van der Waals surface area contributed by atoms with Crippen molar-refractivity contribution in [2.24, 2.45) is 44.8 Å². The number of rotatable bonds is 2. The predicted octanol–water partition coefficient (Wildman–Crippen LogP) is 4.45. The largest absolute Gasteiger partial charge is 0.393 e. The van der Waals surface area contributed by atoms with E-state index in [1.807, 2.05) is 0 Å². The number of epoxide rings is 1. The first kappa shape index (κ1) is 23.9. The number of aliphatic hydroxyl groups excluding tert-OH is 3. The second-order valence-corrected chi connectivity index (χ2v) is 15.8. The van der Waals surface area contributed by atoms with Gasteiger partial charge in [0.1, 0.15) is 5.60 Å². The van der Waals surface area contributed by atoms with Crippen molar-refractivity contribution in [2.75, 3.05) is 6.61 Å². The van der Waals surface area contributed by atoms with Gasteiger partial charge >= 0.3 is 0 Å². The molecule has 0 radical (unpaired) electrons. The predicted molar refractivity (Wildman–Crippen MR) is 133 cm³/mol. The summed E-state index contributed by atoms with van der Waals surface area (Å²) in [7, 11) is 0. The lowest BCUT2D eigenvalue weighted by Gasteiger charge is -2.64. The first-order valence-corrected chi connectivity index (χ1v) is 14.6. The summed E-state index contributed by atoms with van der Waals surface area (Å²) >= 11 is 0. The van der Waals surface area contributed by atoms with E-state index in [2.05, 4.69) is 41.5 Å². The molecule has 0 aromatic carbocycles. The molecule has 0 bridgehead atoms. The van der Waals surface area contributed by atoms with Crippen LogP contribution in [0, 0.1) is 44.8 Å².